The third-order valence-corrected chi connectivity index (χ3v) is 5.07. The van der Waals surface area contributed by atoms with Gasteiger partial charge in [0, 0.05) is 20.2 Å². The van der Waals surface area contributed by atoms with Crippen molar-refractivity contribution in [1.29, 1.82) is 0 Å². The van der Waals surface area contributed by atoms with Gasteiger partial charge in [-0.3, -0.25) is 4.79 Å². The molecule has 3 nitrogen and oxygen atoms in total. The summed E-state index contributed by atoms with van der Waals surface area (Å²) in [5.74, 6) is 0.445. The van der Waals surface area contributed by atoms with Crippen molar-refractivity contribution >= 4 is 17.5 Å². The summed E-state index contributed by atoms with van der Waals surface area (Å²) in [7, 11) is 1.76. The molecule has 0 spiro atoms. The van der Waals surface area contributed by atoms with Gasteiger partial charge in [-0.1, -0.05) is 54.1 Å². The van der Waals surface area contributed by atoms with Crippen LogP contribution in [-0.2, 0) is 4.74 Å². The Morgan fingerprint density at radius 3 is 2.33 bits per heavy atom. The summed E-state index contributed by atoms with van der Waals surface area (Å²) < 4.78 is 5.75. The third kappa shape index (κ3) is 3.63. The van der Waals surface area contributed by atoms with Crippen molar-refractivity contribution < 1.29 is 9.53 Å². The Kier molecular flexibility index (Phi) is 5.54. The number of likely N-dealkylation sites (tertiary alicyclic amines) is 1. The van der Waals surface area contributed by atoms with E-state index in [9.17, 15) is 4.79 Å². The maximum atomic E-state index is 12.6. The van der Waals surface area contributed by atoms with Gasteiger partial charge in [0.15, 0.2) is 0 Å². The Labute approximate surface area is 148 Å². The lowest BCUT2D eigenvalue weighted by Gasteiger charge is -2.35. The van der Waals surface area contributed by atoms with E-state index in [2.05, 4.69) is 12.1 Å². The second-order valence-electron chi connectivity index (χ2n) is 6.18. The third-order valence-electron chi connectivity index (χ3n) is 4.74. The predicted molar refractivity (Wildman–Crippen MR) is 96.3 cm³/mol. The van der Waals surface area contributed by atoms with Gasteiger partial charge in [-0.05, 0) is 36.5 Å². The summed E-state index contributed by atoms with van der Waals surface area (Å²) in [5.41, 5.74) is 1.79. The molecule has 24 heavy (non-hydrogen) atoms. The van der Waals surface area contributed by atoms with Gasteiger partial charge < -0.3 is 9.64 Å². The average molecular weight is 344 g/mol. The van der Waals surface area contributed by atoms with E-state index in [-0.39, 0.29) is 12.0 Å². The van der Waals surface area contributed by atoms with Gasteiger partial charge in [0.05, 0.1) is 16.7 Å². The topological polar surface area (TPSA) is 29.5 Å². The highest BCUT2D eigenvalue weighted by molar-refractivity contribution is 6.33. The Hall–Kier alpha value is -1.84. The maximum Gasteiger partial charge on any atom is 0.255 e. The Bertz CT molecular complexity index is 681. The molecule has 1 saturated heterocycles. The van der Waals surface area contributed by atoms with Crippen molar-refractivity contribution in [3.8, 4) is 0 Å². The van der Waals surface area contributed by atoms with Gasteiger partial charge in [-0.2, -0.15) is 0 Å². The summed E-state index contributed by atoms with van der Waals surface area (Å²) >= 11 is 6.15. The van der Waals surface area contributed by atoms with Crippen LogP contribution >= 0.6 is 11.6 Å². The molecule has 126 valence electrons. The molecular weight excluding hydrogens is 322 g/mol. The van der Waals surface area contributed by atoms with Crippen LogP contribution in [0, 0.1) is 5.92 Å². The molecule has 1 atom stereocenters. The van der Waals surface area contributed by atoms with Gasteiger partial charge in [0.2, 0.25) is 0 Å². The van der Waals surface area contributed by atoms with Crippen LogP contribution < -0.4 is 0 Å². The number of rotatable bonds is 4. The van der Waals surface area contributed by atoms with E-state index in [1.165, 1.54) is 5.56 Å². The lowest BCUT2D eigenvalue weighted by molar-refractivity contribution is 0.0195. The molecule has 4 heteroatoms. The van der Waals surface area contributed by atoms with E-state index in [1.54, 1.807) is 19.2 Å². The van der Waals surface area contributed by atoms with Gasteiger partial charge in [-0.15, -0.1) is 0 Å². The van der Waals surface area contributed by atoms with Gasteiger partial charge in [-0.25, -0.2) is 0 Å². The van der Waals surface area contributed by atoms with Crippen molar-refractivity contribution in [2.24, 2.45) is 5.92 Å². The van der Waals surface area contributed by atoms with E-state index in [4.69, 9.17) is 16.3 Å². The minimum absolute atomic E-state index is 0.0210. The van der Waals surface area contributed by atoms with Crippen molar-refractivity contribution in [3.05, 3.63) is 70.7 Å². The highest BCUT2D eigenvalue weighted by atomic mass is 35.5. The number of hydrogen-bond donors (Lipinski definition) is 0. The number of halogens is 1. The zero-order valence-corrected chi connectivity index (χ0v) is 14.6. The van der Waals surface area contributed by atoms with E-state index >= 15 is 0 Å². The van der Waals surface area contributed by atoms with Gasteiger partial charge in [0.1, 0.15) is 0 Å². The molecule has 0 radical (unpaired) electrons. The number of ether oxygens (including phenoxy) is 1. The molecule has 1 heterocycles. The lowest BCUT2D eigenvalue weighted by atomic mass is 9.87. The van der Waals surface area contributed by atoms with E-state index in [1.807, 2.05) is 35.2 Å². The summed E-state index contributed by atoms with van der Waals surface area (Å²) in [6.07, 6.45) is 1.96. The fourth-order valence-corrected chi connectivity index (χ4v) is 3.67. The fraction of sp³-hybridized carbons (Fsp3) is 0.350. The molecule has 2 aromatic carbocycles. The molecular formula is C20H22ClNO2. The van der Waals surface area contributed by atoms with Crippen LogP contribution in [0.3, 0.4) is 0 Å². The van der Waals surface area contributed by atoms with Crippen molar-refractivity contribution in [2.45, 2.75) is 18.9 Å². The molecule has 1 aliphatic heterocycles. The van der Waals surface area contributed by atoms with Crippen LogP contribution in [0.2, 0.25) is 5.02 Å². The summed E-state index contributed by atoms with van der Waals surface area (Å²) in [6.45, 7) is 1.48. The Morgan fingerprint density at radius 2 is 1.71 bits per heavy atom. The molecule has 0 aromatic heterocycles. The van der Waals surface area contributed by atoms with Gasteiger partial charge >= 0.3 is 0 Å². The molecule has 1 amide bonds. The van der Waals surface area contributed by atoms with Crippen LogP contribution in [0.25, 0.3) is 0 Å². The fourth-order valence-electron chi connectivity index (χ4n) is 3.45. The minimum Gasteiger partial charge on any atom is -0.376 e. The first-order chi connectivity index (χ1) is 11.7. The van der Waals surface area contributed by atoms with Crippen LogP contribution in [0.4, 0.5) is 0 Å². The first-order valence-electron chi connectivity index (χ1n) is 8.32. The van der Waals surface area contributed by atoms with Crippen molar-refractivity contribution in [2.75, 3.05) is 20.2 Å². The quantitative estimate of drug-likeness (QED) is 0.813. The van der Waals surface area contributed by atoms with Crippen LogP contribution in [0.1, 0.15) is 34.9 Å². The van der Waals surface area contributed by atoms with Gasteiger partial charge in [0.25, 0.3) is 5.91 Å². The minimum atomic E-state index is 0.0210. The zero-order chi connectivity index (χ0) is 16.9. The smallest absolute Gasteiger partial charge is 0.255 e. The largest absolute Gasteiger partial charge is 0.376 e. The van der Waals surface area contributed by atoms with Crippen molar-refractivity contribution in [1.82, 2.24) is 4.90 Å². The van der Waals surface area contributed by atoms with E-state index < -0.39 is 0 Å². The standard InChI is InChI=1S/C20H22ClNO2/c1-24-19(15-7-3-2-4-8-15)16-11-13-22(14-12-16)20(23)17-9-5-6-10-18(17)21/h2-10,16,19H,11-14H2,1H3. The SMILES string of the molecule is COC(c1ccccc1)C1CCN(C(=O)c2ccccc2Cl)CC1. The molecule has 0 aliphatic carbocycles. The predicted octanol–water partition coefficient (Wildman–Crippen LogP) is 4.58. The van der Waals surface area contributed by atoms with Crippen molar-refractivity contribution in [3.63, 3.8) is 0 Å². The second-order valence-corrected chi connectivity index (χ2v) is 6.58. The number of methoxy groups -OCH3 is 1. The van der Waals surface area contributed by atoms with E-state index in [0.717, 1.165) is 25.9 Å². The number of nitrogens with zero attached hydrogens (tertiary/aromatic N) is 1. The number of benzene rings is 2. The zero-order valence-electron chi connectivity index (χ0n) is 13.8. The Balaban J connectivity index is 1.65. The number of hydrogen-bond acceptors (Lipinski definition) is 2. The van der Waals surface area contributed by atoms with Crippen LogP contribution in [0.5, 0.6) is 0 Å². The van der Waals surface area contributed by atoms with E-state index in [0.29, 0.717) is 16.5 Å². The molecule has 0 saturated carbocycles. The summed E-state index contributed by atoms with van der Waals surface area (Å²) in [5, 5.41) is 0.517. The normalized spacial score (nSPS) is 16.8. The first-order valence-corrected chi connectivity index (χ1v) is 8.70. The van der Waals surface area contributed by atoms with Crippen LogP contribution in [-0.4, -0.2) is 31.0 Å². The molecule has 1 aliphatic rings. The highest BCUT2D eigenvalue weighted by Crippen LogP contribution is 2.33. The molecule has 2 aromatic rings. The molecule has 0 N–H and O–H groups in total. The lowest BCUT2D eigenvalue weighted by Crippen LogP contribution is -2.40. The summed E-state index contributed by atoms with van der Waals surface area (Å²) in [6, 6.07) is 17.5. The maximum absolute atomic E-state index is 12.6. The number of piperidine rings is 1. The average Bonchev–Trinajstić information content (AvgIpc) is 2.64. The monoisotopic (exact) mass is 343 g/mol. The Morgan fingerprint density at radius 1 is 1.08 bits per heavy atom. The first kappa shape index (κ1) is 17.0. The van der Waals surface area contributed by atoms with Crippen LogP contribution in [0.15, 0.2) is 54.6 Å². The number of carbonyl (C=O) groups is 1. The second kappa shape index (κ2) is 7.82. The summed E-state index contributed by atoms with van der Waals surface area (Å²) in [4.78, 5) is 14.5. The molecule has 1 fully saturated rings. The number of carbonyl (C=O) groups excluding carboxylic acids is 1. The molecule has 3 rings (SSSR count). The highest BCUT2D eigenvalue weighted by Gasteiger charge is 2.30. The molecule has 1 unspecified atom stereocenters. The number of amides is 1. The molecule has 0 bridgehead atoms.